The molecule has 0 spiro atoms. The van der Waals surface area contributed by atoms with Crippen molar-refractivity contribution < 1.29 is 0 Å². The number of pyridine rings is 3. The fourth-order valence-corrected chi connectivity index (χ4v) is 10.8. The molecule has 0 amide bonds. The van der Waals surface area contributed by atoms with Crippen LogP contribution in [0.3, 0.4) is 0 Å². The van der Waals surface area contributed by atoms with E-state index in [0.29, 0.717) is 5.92 Å². The summed E-state index contributed by atoms with van der Waals surface area (Å²) in [5.41, 5.74) is 18.4. The van der Waals surface area contributed by atoms with Crippen LogP contribution in [0, 0.1) is 0 Å². The number of para-hydroxylation sites is 2. The van der Waals surface area contributed by atoms with Crippen molar-refractivity contribution in [3.63, 3.8) is 0 Å². The van der Waals surface area contributed by atoms with Crippen molar-refractivity contribution in [1.82, 2.24) is 24.1 Å². The van der Waals surface area contributed by atoms with Gasteiger partial charge in [-0.3, -0.25) is 15.0 Å². The molecule has 0 bridgehead atoms. The Hall–Kier alpha value is -8.35. The smallest absolute Gasteiger partial charge is 0.0724 e. The van der Waals surface area contributed by atoms with E-state index < -0.39 is 0 Å². The van der Waals surface area contributed by atoms with Gasteiger partial charge in [-0.2, -0.15) is 0 Å². The molecule has 0 saturated carbocycles. The highest BCUT2D eigenvalue weighted by molar-refractivity contribution is 6.09. The van der Waals surface area contributed by atoms with Gasteiger partial charge in [-0.1, -0.05) is 115 Å². The number of nitrogens with zero attached hydrogens (tertiary/aromatic N) is 6. The van der Waals surface area contributed by atoms with E-state index >= 15 is 0 Å². The minimum absolute atomic E-state index is 0.250. The summed E-state index contributed by atoms with van der Waals surface area (Å²) in [5, 5.41) is 4.91. The molecule has 1 aliphatic carbocycles. The van der Waals surface area contributed by atoms with E-state index in [9.17, 15) is 0 Å². The fraction of sp³-hybridized carbons (Fsp3) is 0.0833. The first-order valence-corrected chi connectivity index (χ1v) is 22.8. The van der Waals surface area contributed by atoms with Gasteiger partial charge in [-0.25, -0.2) is 0 Å². The predicted octanol–water partition coefficient (Wildman–Crippen LogP) is 13.6. The zero-order valence-electron chi connectivity index (χ0n) is 36.2. The highest BCUT2D eigenvalue weighted by atomic mass is 15.2. The Morgan fingerprint density at radius 2 is 0.818 bits per heavy atom. The van der Waals surface area contributed by atoms with Gasteiger partial charge in [0.15, 0.2) is 0 Å². The molecule has 5 aromatic heterocycles. The highest BCUT2D eigenvalue weighted by Gasteiger charge is 2.37. The Morgan fingerprint density at radius 3 is 1.35 bits per heavy atom. The summed E-state index contributed by atoms with van der Waals surface area (Å²) in [7, 11) is 0. The van der Waals surface area contributed by atoms with Crippen LogP contribution < -0.4 is 4.90 Å². The normalized spacial score (nSPS) is 15.3. The maximum Gasteiger partial charge on any atom is 0.0724 e. The lowest BCUT2D eigenvalue weighted by molar-refractivity contribution is 0.744. The Labute approximate surface area is 383 Å². The third-order valence-electron chi connectivity index (χ3n) is 13.7. The van der Waals surface area contributed by atoms with E-state index in [4.69, 9.17) is 0 Å². The number of rotatable bonds is 9. The van der Waals surface area contributed by atoms with Crippen LogP contribution in [0.25, 0.3) is 55.0 Å². The van der Waals surface area contributed by atoms with Crippen LogP contribution in [0.4, 0.5) is 11.4 Å². The molecule has 6 nitrogen and oxygen atoms in total. The van der Waals surface area contributed by atoms with Gasteiger partial charge in [0, 0.05) is 63.1 Å². The Balaban J connectivity index is 0.820. The van der Waals surface area contributed by atoms with Crippen molar-refractivity contribution in [2.45, 2.75) is 31.2 Å². The molecule has 2 unspecified atom stereocenters. The molecule has 11 aromatic rings. The van der Waals surface area contributed by atoms with Crippen LogP contribution in [0.15, 0.2) is 219 Å². The molecule has 1 aliphatic heterocycles. The summed E-state index contributed by atoms with van der Waals surface area (Å²) in [6.45, 7) is 0. The summed E-state index contributed by atoms with van der Waals surface area (Å²) in [6.07, 6.45) is 23.1. The largest absolute Gasteiger partial charge is 0.332 e. The van der Waals surface area contributed by atoms with E-state index in [0.717, 1.165) is 41.7 Å². The predicted molar refractivity (Wildman–Crippen MR) is 270 cm³/mol. The molecular formula is C60H44N6. The molecule has 0 N–H and O–H groups in total. The minimum atomic E-state index is 0.250. The van der Waals surface area contributed by atoms with E-state index in [2.05, 4.69) is 211 Å². The fourth-order valence-electron chi connectivity index (χ4n) is 10.8. The van der Waals surface area contributed by atoms with E-state index in [1.165, 1.54) is 82.9 Å². The standard InChI is InChI=1S/C60H44N6/c1-4-10-55-49(7-1)52-25-28-61-37-58(52)64(55)46-19-13-40(14-20-46)31-43-34-44(32-41-15-21-47(22-16-41)65-56-11-5-2-8-50(56)53-26-29-62-38-59(53)65)36-45(35-43)33-42-17-23-48(24-18-42)66-57-12-6-3-9-51(57)54-27-30-63-39-60(54)66/h1-30,34-39,49,55H,31-33H2. The first-order chi connectivity index (χ1) is 32.7. The third kappa shape index (κ3) is 6.52. The average molecular weight is 849 g/mol. The lowest BCUT2D eigenvalue weighted by Crippen LogP contribution is -2.28. The summed E-state index contributed by atoms with van der Waals surface area (Å²) in [5.74, 6) is 0.332. The SMILES string of the molecule is C1=CC2c3ccncc3N(c3ccc(Cc4cc(Cc5ccc(-n6c7ccccc7c7ccncc76)cc5)cc(Cc5ccc(-n6c7ccccc7c7ccncc76)cc5)c4)cc3)C2C=C1. The molecule has 0 fully saturated rings. The van der Waals surface area contributed by atoms with Crippen molar-refractivity contribution in [1.29, 1.82) is 0 Å². The van der Waals surface area contributed by atoms with Crippen molar-refractivity contribution >= 4 is 55.0 Å². The molecule has 6 aromatic carbocycles. The molecule has 0 radical (unpaired) electrons. The monoisotopic (exact) mass is 848 g/mol. The Kier molecular flexibility index (Phi) is 9.08. The number of anilines is 2. The van der Waals surface area contributed by atoms with Gasteiger partial charge in [0.25, 0.3) is 0 Å². The molecule has 13 rings (SSSR count). The number of hydrogen-bond acceptors (Lipinski definition) is 4. The van der Waals surface area contributed by atoms with Crippen LogP contribution in [-0.2, 0) is 19.3 Å². The maximum absolute atomic E-state index is 4.52. The van der Waals surface area contributed by atoms with Crippen molar-refractivity contribution in [3.05, 3.63) is 258 Å². The molecule has 6 heterocycles. The zero-order chi connectivity index (χ0) is 43.6. The quantitative estimate of drug-likeness (QED) is 0.145. The van der Waals surface area contributed by atoms with E-state index in [1.54, 1.807) is 0 Å². The van der Waals surface area contributed by atoms with Crippen LogP contribution in [0.1, 0.15) is 44.9 Å². The molecule has 6 heteroatoms. The minimum Gasteiger partial charge on any atom is -0.332 e. The van der Waals surface area contributed by atoms with Crippen LogP contribution in [0.2, 0.25) is 0 Å². The Morgan fingerprint density at radius 1 is 0.379 bits per heavy atom. The van der Waals surface area contributed by atoms with Gasteiger partial charge in [0.05, 0.1) is 52.4 Å². The van der Waals surface area contributed by atoms with Gasteiger partial charge in [0.2, 0.25) is 0 Å². The molecule has 314 valence electrons. The van der Waals surface area contributed by atoms with Crippen molar-refractivity contribution in [2.24, 2.45) is 0 Å². The Bertz CT molecular complexity index is 3400. The summed E-state index contributed by atoms with van der Waals surface area (Å²) >= 11 is 0. The average Bonchev–Trinajstić information content (AvgIpc) is 4.01. The summed E-state index contributed by atoms with van der Waals surface area (Å²) in [6, 6.07) is 58.5. The van der Waals surface area contributed by atoms with Gasteiger partial charge in [-0.05, 0) is 125 Å². The van der Waals surface area contributed by atoms with Crippen molar-refractivity contribution in [2.75, 3.05) is 4.90 Å². The van der Waals surface area contributed by atoms with Gasteiger partial charge >= 0.3 is 0 Å². The topological polar surface area (TPSA) is 51.8 Å². The number of allylic oxidation sites excluding steroid dienone is 2. The second kappa shape index (κ2) is 15.7. The summed E-state index contributed by atoms with van der Waals surface area (Å²) in [4.78, 5) is 16.0. The first-order valence-electron chi connectivity index (χ1n) is 22.8. The van der Waals surface area contributed by atoms with Gasteiger partial charge < -0.3 is 14.0 Å². The second-order valence-corrected chi connectivity index (χ2v) is 17.8. The van der Waals surface area contributed by atoms with E-state index in [1.807, 2.05) is 37.2 Å². The lowest BCUT2D eigenvalue weighted by Gasteiger charge is -2.28. The van der Waals surface area contributed by atoms with Gasteiger partial charge in [0.1, 0.15) is 0 Å². The number of fused-ring (bicyclic) bond motifs is 9. The van der Waals surface area contributed by atoms with Gasteiger partial charge in [-0.15, -0.1) is 0 Å². The van der Waals surface area contributed by atoms with E-state index in [-0.39, 0.29) is 6.04 Å². The lowest BCUT2D eigenvalue weighted by atomic mass is 9.92. The third-order valence-corrected chi connectivity index (χ3v) is 13.7. The number of hydrogen-bond donors (Lipinski definition) is 0. The molecule has 2 atom stereocenters. The first kappa shape index (κ1) is 38.1. The molecule has 2 aliphatic rings. The van der Waals surface area contributed by atoms with Crippen LogP contribution in [-0.4, -0.2) is 30.1 Å². The number of aromatic nitrogens is 5. The van der Waals surface area contributed by atoms with Crippen LogP contribution in [0.5, 0.6) is 0 Å². The molecule has 0 saturated heterocycles. The maximum atomic E-state index is 4.52. The summed E-state index contributed by atoms with van der Waals surface area (Å²) < 4.78 is 4.66. The van der Waals surface area contributed by atoms with Crippen molar-refractivity contribution in [3.8, 4) is 11.4 Å². The zero-order valence-corrected chi connectivity index (χ0v) is 36.2. The highest BCUT2D eigenvalue weighted by Crippen LogP contribution is 2.47. The molecular weight excluding hydrogens is 805 g/mol. The number of benzene rings is 6. The molecule has 66 heavy (non-hydrogen) atoms. The van der Waals surface area contributed by atoms with Crippen LogP contribution >= 0.6 is 0 Å². The second-order valence-electron chi connectivity index (χ2n) is 17.8.